The number of hydrogen-bond acceptors (Lipinski definition) is 8. The number of carbonyl (C=O) groups excluding carboxylic acids is 3. The van der Waals surface area contributed by atoms with Crippen molar-refractivity contribution in [3.63, 3.8) is 0 Å². The SMILES string of the molecule is CN1C[C@@H](Nc2cnn(C)c(=O)c2Cl)C[C@@H](c2ccc(CN3CC(c4ccc5c(c4)CN(C4CCC(=O)NC4=O)C5=O)C3)cc2)C1. The van der Waals surface area contributed by atoms with Crippen LogP contribution < -0.4 is 16.2 Å². The predicted molar refractivity (Wildman–Crippen MR) is 174 cm³/mol. The molecule has 1 aromatic heterocycles. The summed E-state index contributed by atoms with van der Waals surface area (Å²) < 4.78 is 1.24. The van der Waals surface area contributed by atoms with Crippen LogP contribution >= 0.6 is 11.6 Å². The Morgan fingerprint density at radius 2 is 1.72 bits per heavy atom. The summed E-state index contributed by atoms with van der Waals surface area (Å²) >= 11 is 6.31. The van der Waals surface area contributed by atoms with Crippen LogP contribution in [0.3, 0.4) is 0 Å². The van der Waals surface area contributed by atoms with Gasteiger partial charge in [-0.25, -0.2) is 4.68 Å². The summed E-state index contributed by atoms with van der Waals surface area (Å²) in [6.07, 6.45) is 3.17. The Hall–Kier alpha value is -4.06. The van der Waals surface area contributed by atoms with Crippen molar-refractivity contribution in [3.05, 3.63) is 91.9 Å². The number of hydrogen-bond donors (Lipinski definition) is 2. The lowest BCUT2D eigenvalue weighted by Crippen LogP contribution is -2.52. The third kappa shape index (κ3) is 5.94. The third-order valence-electron chi connectivity index (χ3n) is 9.90. The third-order valence-corrected chi connectivity index (χ3v) is 10.3. The lowest BCUT2D eigenvalue weighted by atomic mass is 9.87. The van der Waals surface area contributed by atoms with Gasteiger partial charge >= 0.3 is 0 Å². The van der Waals surface area contributed by atoms with E-state index < -0.39 is 6.04 Å². The zero-order valence-electron chi connectivity index (χ0n) is 26.0. The molecule has 4 aliphatic heterocycles. The maximum Gasteiger partial charge on any atom is 0.287 e. The van der Waals surface area contributed by atoms with Crippen LogP contribution in [0.4, 0.5) is 5.69 Å². The molecule has 12 heteroatoms. The maximum absolute atomic E-state index is 13.0. The minimum atomic E-state index is -0.591. The summed E-state index contributed by atoms with van der Waals surface area (Å²) in [7, 11) is 3.71. The van der Waals surface area contributed by atoms with E-state index in [1.54, 1.807) is 18.1 Å². The summed E-state index contributed by atoms with van der Waals surface area (Å²) in [5, 5.41) is 10.1. The van der Waals surface area contributed by atoms with Gasteiger partial charge in [0.05, 0.1) is 11.9 Å². The van der Waals surface area contributed by atoms with E-state index in [2.05, 4.69) is 62.9 Å². The number of nitrogens with one attached hydrogen (secondary N) is 2. The number of nitrogens with zero attached hydrogens (tertiary/aromatic N) is 5. The van der Waals surface area contributed by atoms with E-state index in [0.29, 0.717) is 36.1 Å². The molecule has 2 aromatic carbocycles. The van der Waals surface area contributed by atoms with Gasteiger partial charge in [-0.1, -0.05) is 48.0 Å². The fraction of sp³-hybridized carbons (Fsp3) is 0.441. The van der Waals surface area contributed by atoms with Gasteiger partial charge < -0.3 is 15.1 Å². The topological polar surface area (TPSA) is 120 Å². The first kappa shape index (κ1) is 30.6. The fourth-order valence-corrected chi connectivity index (χ4v) is 7.63. The van der Waals surface area contributed by atoms with Crippen molar-refractivity contribution in [1.82, 2.24) is 29.8 Å². The molecule has 0 saturated carbocycles. The van der Waals surface area contributed by atoms with Gasteiger partial charge in [-0.2, -0.15) is 5.10 Å². The number of aromatic nitrogens is 2. The largest absolute Gasteiger partial charge is 0.378 e. The van der Waals surface area contributed by atoms with Crippen LogP contribution in [0, 0.1) is 0 Å². The summed E-state index contributed by atoms with van der Waals surface area (Å²) in [5.74, 6) is -0.0328. The minimum Gasteiger partial charge on any atom is -0.378 e. The van der Waals surface area contributed by atoms with Gasteiger partial charge in [-0.3, -0.25) is 29.4 Å². The molecule has 0 spiro atoms. The van der Waals surface area contributed by atoms with Crippen molar-refractivity contribution in [2.75, 3.05) is 38.5 Å². The van der Waals surface area contributed by atoms with E-state index in [-0.39, 0.29) is 40.8 Å². The van der Waals surface area contributed by atoms with E-state index in [4.69, 9.17) is 11.6 Å². The van der Waals surface area contributed by atoms with Crippen molar-refractivity contribution < 1.29 is 14.4 Å². The highest BCUT2D eigenvalue weighted by atomic mass is 35.5. The van der Waals surface area contributed by atoms with Gasteiger partial charge in [0.25, 0.3) is 11.5 Å². The number of anilines is 1. The molecule has 11 nitrogen and oxygen atoms in total. The molecular formula is C34H38ClN7O4. The molecule has 7 rings (SSSR count). The lowest BCUT2D eigenvalue weighted by Gasteiger charge is -2.40. The Morgan fingerprint density at radius 3 is 2.48 bits per heavy atom. The highest BCUT2D eigenvalue weighted by molar-refractivity contribution is 6.32. The number of likely N-dealkylation sites (N-methyl/N-ethyl adjacent to an activating group) is 1. The molecule has 3 fully saturated rings. The van der Waals surface area contributed by atoms with Gasteiger partial charge in [0.2, 0.25) is 11.8 Å². The van der Waals surface area contributed by atoms with Crippen molar-refractivity contribution in [2.45, 2.75) is 56.3 Å². The fourth-order valence-electron chi connectivity index (χ4n) is 7.41. The first-order valence-electron chi connectivity index (χ1n) is 15.9. The molecule has 46 heavy (non-hydrogen) atoms. The number of rotatable bonds is 7. The van der Waals surface area contributed by atoms with Crippen molar-refractivity contribution >= 4 is 35.0 Å². The number of fused-ring (bicyclic) bond motifs is 1. The molecule has 1 unspecified atom stereocenters. The van der Waals surface area contributed by atoms with Gasteiger partial charge in [0, 0.05) is 70.3 Å². The Balaban J connectivity index is 0.929. The number of aryl methyl sites for hydroxylation is 1. The molecule has 0 radical (unpaired) electrons. The van der Waals surface area contributed by atoms with Crippen molar-refractivity contribution in [2.24, 2.45) is 7.05 Å². The minimum absolute atomic E-state index is 0.133. The van der Waals surface area contributed by atoms with Crippen LogP contribution in [0.5, 0.6) is 0 Å². The summed E-state index contributed by atoms with van der Waals surface area (Å²) in [6, 6.07) is 14.6. The van der Waals surface area contributed by atoms with E-state index in [1.165, 1.54) is 21.4 Å². The van der Waals surface area contributed by atoms with Crippen LogP contribution in [-0.4, -0.2) is 87.5 Å². The predicted octanol–water partition coefficient (Wildman–Crippen LogP) is 2.69. The Labute approximate surface area is 272 Å². The second-order valence-corrected chi connectivity index (χ2v) is 13.6. The zero-order valence-corrected chi connectivity index (χ0v) is 26.8. The highest BCUT2D eigenvalue weighted by Crippen LogP contribution is 2.34. The first-order chi connectivity index (χ1) is 22.1. The van der Waals surface area contributed by atoms with Crippen LogP contribution in [0.2, 0.25) is 5.02 Å². The maximum atomic E-state index is 13.0. The quantitative estimate of drug-likeness (QED) is 0.377. The molecule has 0 bridgehead atoms. The van der Waals surface area contributed by atoms with E-state index >= 15 is 0 Å². The summed E-state index contributed by atoms with van der Waals surface area (Å²) in [4.78, 5) is 55.5. The van der Waals surface area contributed by atoms with E-state index in [9.17, 15) is 19.2 Å². The van der Waals surface area contributed by atoms with E-state index in [0.717, 1.165) is 44.7 Å². The van der Waals surface area contributed by atoms with E-state index in [1.807, 2.05) is 12.1 Å². The Morgan fingerprint density at radius 1 is 0.957 bits per heavy atom. The molecular weight excluding hydrogens is 606 g/mol. The average molecular weight is 644 g/mol. The first-order valence-corrected chi connectivity index (χ1v) is 16.3. The lowest BCUT2D eigenvalue weighted by molar-refractivity contribution is -0.136. The van der Waals surface area contributed by atoms with Crippen molar-refractivity contribution in [3.8, 4) is 0 Å². The van der Waals surface area contributed by atoms with Crippen LogP contribution in [0.1, 0.15) is 63.7 Å². The molecule has 4 aliphatic rings. The molecule has 5 heterocycles. The molecule has 3 aromatic rings. The van der Waals surface area contributed by atoms with Crippen molar-refractivity contribution in [1.29, 1.82) is 0 Å². The summed E-state index contributed by atoms with van der Waals surface area (Å²) in [5.41, 5.74) is 5.69. The number of piperidine rings is 2. The molecule has 240 valence electrons. The Kier molecular flexibility index (Phi) is 8.16. The monoisotopic (exact) mass is 643 g/mol. The highest BCUT2D eigenvalue weighted by Gasteiger charge is 2.40. The molecule has 2 N–H and O–H groups in total. The van der Waals surface area contributed by atoms with Gasteiger partial charge in [0.15, 0.2) is 0 Å². The van der Waals surface area contributed by atoms with Crippen LogP contribution in [-0.2, 0) is 29.7 Å². The standard InChI is InChI=1S/C34H38ClN7O4/c1-39-15-23(12-26(19-39)37-28-13-36-40(2)34(46)31(28)35)21-5-3-20(4-6-21)14-41-16-25(17-41)22-7-8-27-24(11-22)18-42(33(27)45)29-9-10-30(43)38-32(29)44/h3-8,11,13,23,25-26,29,37H,9-10,12,14-19H2,1-2H3,(H,38,43,44)/t23-,26+,29?/m1/s1. The van der Waals surface area contributed by atoms with Crippen LogP contribution in [0.25, 0.3) is 0 Å². The molecule has 3 saturated heterocycles. The van der Waals surface area contributed by atoms with Crippen LogP contribution in [0.15, 0.2) is 53.5 Å². The van der Waals surface area contributed by atoms with Gasteiger partial charge in [-0.05, 0) is 54.1 Å². The second kappa shape index (κ2) is 12.3. The Bertz CT molecular complexity index is 1750. The smallest absolute Gasteiger partial charge is 0.287 e. The number of halogens is 1. The number of imide groups is 1. The molecule has 3 amide bonds. The zero-order chi connectivity index (χ0) is 32.1. The number of benzene rings is 2. The van der Waals surface area contributed by atoms with Gasteiger partial charge in [-0.15, -0.1) is 0 Å². The average Bonchev–Trinajstić information content (AvgIpc) is 3.34. The molecule has 3 atom stereocenters. The molecule has 0 aliphatic carbocycles. The second-order valence-electron chi connectivity index (χ2n) is 13.2. The summed E-state index contributed by atoms with van der Waals surface area (Å²) in [6.45, 7) is 5.01. The number of amides is 3. The normalized spacial score (nSPS) is 24.1. The van der Waals surface area contributed by atoms with Gasteiger partial charge in [0.1, 0.15) is 11.1 Å². The number of likely N-dealkylation sites (tertiary alicyclic amines) is 2. The number of carbonyl (C=O) groups is 3.